The van der Waals surface area contributed by atoms with E-state index in [-0.39, 0.29) is 0 Å². The monoisotopic (exact) mass is 195 g/mol. The molecule has 0 aromatic carbocycles. The molecule has 1 fully saturated rings. The molecule has 1 aliphatic rings. The Morgan fingerprint density at radius 3 is 2.79 bits per heavy atom. The van der Waals surface area contributed by atoms with Crippen molar-refractivity contribution >= 4 is 0 Å². The Hall–Kier alpha value is -0.550. The third kappa shape index (κ3) is 2.27. The van der Waals surface area contributed by atoms with E-state index in [9.17, 15) is 10.4 Å². The second-order valence-corrected chi connectivity index (χ2v) is 4.77. The van der Waals surface area contributed by atoms with Crippen molar-refractivity contribution in [3.8, 4) is 6.07 Å². The molecule has 0 radical (unpaired) electrons. The minimum absolute atomic E-state index is 0.405. The third-order valence-electron chi connectivity index (χ3n) is 3.49. The molecular weight excluding hydrogens is 174 g/mol. The van der Waals surface area contributed by atoms with Crippen LogP contribution >= 0.6 is 0 Å². The topological polar surface area (TPSA) is 44.0 Å². The molecule has 0 spiro atoms. The van der Waals surface area contributed by atoms with Crippen LogP contribution in [0, 0.1) is 22.7 Å². The summed E-state index contributed by atoms with van der Waals surface area (Å²) < 4.78 is 0. The van der Waals surface area contributed by atoms with Gasteiger partial charge in [0.05, 0.1) is 17.6 Å². The first-order chi connectivity index (χ1) is 6.64. The van der Waals surface area contributed by atoms with Crippen LogP contribution in [0.5, 0.6) is 0 Å². The van der Waals surface area contributed by atoms with E-state index in [4.69, 9.17) is 0 Å². The van der Waals surface area contributed by atoms with E-state index in [1.54, 1.807) is 0 Å². The fourth-order valence-corrected chi connectivity index (χ4v) is 2.48. The normalized spacial score (nSPS) is 34.0. The van der Waals surface area contributed by atoms with Crippen LogP contribution in [-0.2, 0) is 0 Å². The van der Waals surface area contributed by atoms with Crippen LogP contribution in [0.15, 0.2) is 0 Å². The van der Waals surface area contributed by atoms with Gasteiger partial charge in [-0.1, -0.05) is 26.7 Å². The van der Waals surface area contributed by atoms with E-state index in [0.29, 0.717) is 5.92 Å². The van der Waals surface area contributed by atoms with Crippen molar-refractivity contribution in [1.29, 1.82) is 5.26 Å². The molecule has 1 saturated carbocycles. The average Bonchev–Trinajstić information content (AvgIpc) is 2.58. The van der Waals surface area contributed by atoms with E-state index in [0.717, 1.165) is 38.5 Å². The third-order valence-corrected chi connectivity index (χ3v) is 3.49. The zero-order valence-electron chi connectivity index (χ0n) is 9.29. The molecule has 2 heteroatoms. The van der Waals surface area contributed by atoms with E-state index < -0.39 is 11.5 Å². The smallest absolute Gasteiger partial charge is 0.0834 e. The highest BCUT2D eigenvalue weighted by Crippen LogP contribution is 2.44. The number of unbranched alkanes of at least 4 members (excludes halogenated alkanes) is 1. The molecule has 80 valence electrons. The molecule has 3 unspecified atom stereocenters. The summed E-state index contributed by atoms with van der Waals surface area (Å²) in [6.07, 6.45) is 5.36. The molecule has 2 nitrogen and oxygen atoms in total. The Balaban J connectivity index is 2.57. The van der Waals surface area contributed by atoms with Crippen LogP contribution in [-0.4, -0.2) is 11.2 Å². The second-order valence-electron chi connectivity index (χ2n) is 4.77. The zero-order valence-corrected chi connectivity index (χ0v) is 9.29. The van der Waals surface area contributed by atoms with Gasteiger partial charge >= 0.3 is 0 Å². The lowest BCUT2D eigenvalue weighted by Crippen LogP contribution is -2.31. The first kappa shape index (κ1) is 11.5. The first-order valence-corrected chi connectivity index (χ1v) is 5.74. The van der Waals surface area contributed by atoms with Crippen LogP contribution in [0.25, 0.3) is 0 Å². The maximum absolute atomic E-state index is 10.0. The predicted molar refractivity (Wildman–Crippen MR) is 56.6 cm³/mol. The first-order valence-electron chi connectivity index (χ1n) is 5.74. The molecule has 0 heterocycles. The van der Waals surface area contributed by atoms with Crippen molar-refractivity contribution in [1.82, 2.24) is 0 Å². The number of rotatable bonds is 4. The van der Waals surface area contributed by atoms with E-state index in [1.165, 1.54) is 0 Å². The van der Waals surface area contributed by atoms with Gasteiger partial charge in [0.25, 0.3) is 0 Å². The van der Waals surface area contributed by atoms with Crippen molar-refractivity contribution in [2.45, 2.75) is 58.5 Å². The van der Waals surface area contributed by atoms with Gasteiger partial charge in [0.2, 0.25) is 0 Å². The van der Waals surface area contributed by atoms with Crippen LogP contribution in [0.4, 0.5) is 0 Å². The number of hydrogen-bond acceptors (Lipinski definition) is 2. The van der Waals surface area contributed by atoms with Gasteiger partial charge in [-0.3, -0.25) is 0 Å². The predicted octanol–water partition coefficient (Wildman–Crippen LogP) is 2.87. The van der Waals surface area contributed by atoms with Crippen molar-refractivity contribution < 1.29 is 5.11 Å². The molecule has 1 aliphatic carbocycles. The highest BCUT2D eigenvalue weighted by Gasteiger charge is 2.43. The van der Waals surface area contributed by atoms with Crippen LogP contribution in [0.2, 0.25) is 0 Å². The van der Waals surface area contributed by atoms with Crippen LogP contribution in [0.1, 0.15) is 52.4 Å². The fourth-order valence-electron chi connectivity index (χ4n) is 2.48. The molecule has 14 heavy (non-hydrogen) atoms. The molecule has 1 rings (SSSR count). The molecule has 0 aliphatic heterocycles. The Bertz CT molecular complexity index is 221. The minimum atomic E-state index is -0.422. The Kier molecular flexibility index (Phi) is 3.95. The Labute approximate surface area is 86.9 Å². The van der Waals surface area contributed by atoms with Gasteiger partial charge in [-0.15, -0.1) is 0 Å². The van der Waals surface area contributed by atoms with Gasteiger partial charge in [0, 0.05) is 0 Å². The summed E-state index contributed by atoms with van der Waals surface area (Å²) in [5.41, 5.74) is -0.422. The van der Waals surface area contributed by atoms with Crippen molar-refractivity contribution in [3.63, 3.8) is 0 Å². The quantitative estimate of drug-likeness (QED) is 0.749. The SMILES string of the molecule is CCCCC(O)C1(C#N)CCC(C)C1. The van der Waals surface area contributed by atoms with Gasteiger partial charge in [-0.2, -0.15) is 5.26 Å². The molecule has 0 aromatic rings. The lowest BCUT2D eigenvalue weighted by atomic mass is 9.79. The molecule has 3 atom stereocenters. The van der Waals surface area contributed by atoms with Gasteiger partial charge in [0.1, 0.15) is 0 Å². The summed E-state index contributed by atoms with van der Waals surface area (Å²) in [7, 11) is 0. The van der Waals surface area contributed by atoms with E-state index in [2.05, 4.69) is 19.9 Å². The number of aliphatic hydroxyl groups is 1. The molecule has 0 bridgehead atoms. The summed E-state index contributed by atoms with van der Waals surface area (Å²) in [5, 5.41) is 19.2. The molecule has 0 aromatic heterocycles. The Morgan fingerprint density at radius 1 is 1.64 bits per heavy atom. The second kappa shape index (κ2) is 4.79. The summed E-state index contributed by atoms with van der Waals surface area (Å²) in [4.78, 5) is 0. The van der Waals surface area contributed by atoms with E-state index >= 15 is 0 Å². The lowest BCUT2D eigenvalue weighted by Gasteiger charge is -2.27. The van der Waals surface area contributed by atoms with Crippen molar-refractivity contribution in [3.05, 3.63) is 0 Å². The maximum atomic E-state index is 10.0. The van der Waals surface area contributed by atoms with Crippen LogP contribution in [0.3, 0.4) is 0 Å². The fraction of sp³-hybridized carbons (Fsp3) is 0.917. The number of nitriles is 1. The molecule has 1 N–H and O–H groups in total. The largest absolute Gasteiger partial charge is 0.391 e. The van der Waals surface area contributed by atoms with Crippen molar-refractivity contribution in [2.75, 3.05) is 0 Å². The minimum Gasteiger partial charge on any atom is -0.391 e. The number of aliphatic hydroxyl groups excluding tert-OH is 1. The van der Waals surface area contributed by atoms with E-state index in [1.807, 2.05) is 0 Å². The Morgan fingerprint density at radius 2 is 2.36 bits per heavy atom. The average molecular weight is 195 g/mol. The molecule has 0 amide bonds. The van der Waals surface area contributed by atoms with Gasteiger partial charge in [0.15, 0.2) is 0 Å². The highest BCUT2D eigenvalue weighted by atomic mass is 16.3. The number of nitrogens with zero attached hydrogens (tertiary/aromatic N) is 1. The summed E-state index contributed by atoms with van der Waals surface area (Å²) in [6.45, 7) is 4.29. The summed E-state index contributed by atoms with van der Waals surface area (Å²) in [5.74, 6) is 0.603. The van der Waals surface area contributed by atoms with Gasteiger partial charge < -0.3 is 5.11 Å². The standard InChI is InChI=1S/C12H21NO/c1-3-4-5-11(14)12(9-13)7-6-10(2)8-12/h10-11,14H,3-8H2,1-2H3. The van der Waals surface area contributed by atoms with Gasteiger partial charge in [-0.25, -0.2) is 0 Å². The lowest BCUT2D eigenvalue weighted by molar-refractivity contribution is 0.0559. The zero-order chi connectivity index (χ0) is 10.6. The molecule has 0 saturated heterocycles. The summed E-state index contributed by atoms with van der Waals surface area (Å²) >= 11 is 0. The maximum Gasteiger partial charge on any atom is 0.0834 e. The summed E-state index contributed by atoms with van der Waals surface area (Å²) in [6, 6.07) is 2.37. The van der Waals surface area contributed by atoms with Crippen molar-refractivity contribution in [2.24, 2.45) is 11.3 Å². The highest BCUT2D eigenvalue weighted by molar-refractivity contribution is 5.07. The van der Waals surface area contributed by atoms with Crippen LogP contribution < -0.4 is 0 Å². The van der Waals surface area contributed by atoms with Gasteiger partial charge in [-0.05, 0) is 31.6 Å². The molecular formula is C12H21NO. The number of hydrogen-bond donors (Lipinski definition) is 1.